The van der Waals surface area contributed by atoms with Crippen molar-refractivity contribution in [2.75, 3.05) is 13.7 Å². The zero-order valence-corrected chi connectivity index (χ0v) is 8.99. The molecule has 0 aliphatic carbocycles. The van der Waals surface area contributed by atoms with Crippen molar-refractivity contribution in [1.29, 1.82) is 0 Å². The molecule has 1 atom stereocenters. The highest BCUT2D eigenvalue weighted by molar-refractivity contribution is 5.80. The van der Waals surface area contributed by atoms with Crippen LogP contribution in [0, 0.1) is 0 Å². The molecule has 0 radical (unpaired) electrons. The number of aromatic nitrogens is 3. The van der Waals surface area contributed by atoms with Gasteiger partial charge in [0.1, 0.15) is 18.3 Å². The minimum Gasteiger partial charge on any atom is -0.372 e. The average Bonchev–Trinajstić information content (AvgIpc) is 2.75. The van der Waals surface area contributed by atoms with Crippen molar-refractivity contribution in [2.45, 2.75) is 25.9 Å². The van der Waals surface area contributed by atoms with Gasteiger partial charge in [-0.1, -0.05) is 0 Å². The fourth-order valence-corrected chi connectivity index (χ4v) is 1.07. The van der Waals surface area contributed by atoms with Gasteiger partial charge in [-0.15, -0.1) is 0 Å². The maximum Gasteiger partial charge on any atom is 0.248 e. The summed E-state index contributed by atoms with van der Waals surface area (Å²) in [5.74, 6) is 0.749. The Morgan fingerprint density at radius 1 is 1.73 bits per heavy atom. The van der Waals surface area contributed by atoms with Crippen LogP contribution in [0.1, 0.15) is 19.2 Å². The number of carbonyl (C=O) groups excluding carboxylic acids is 1. The van der Waals surface area contributed by atoms with Crippen molar-refractivity contribution in [3.8, 4) is 0 Å². The highest BCUT2D eigenvalue weighted by Gasteiger charge is 2.09. The van der Waals surface area contributed by atoms with E-state index in [1.807, 2.05) is 0 Å². The topological polar surface area (TPSA) is 79.9 Å². The van der Waals surface area contributed by atoms with Crippen LogP contribution in [0.2, 0.25) is 0 Å². The van der Waals surface area contributed by atoms with Gasteiger partial charge < -0.3 is 10.1 Å². The molecule has 0 aliphatic heterocycles. The van der Waals surface area contributed by atoms with Gasteiger partial charge in [0, 0.05) is 20.1 Å². The van der Waals surface area contributed by atoms with Gasteiger partial charge in [0.05, 0.1) is 0 Å². The number of nitrogens with one attached hydrogen (secondary N) is 2. The Labute approximate surface area is 88.4 Å². The first-order valence-corrected chi connectivity index (χ1v) is 4.88. The minimum absolute atomic E-state index is 0.0879. The van der Waals surface area contributed by atoms with Gasteiger partial charge in [0.2, 0.25) is 5.91 Å². The Bertz CT molecular complexity index is 286. The van der Waals surface area contributed by atoms with E-state index in [2.05, 4.69) is 20.5 Å². The highest BCUT2D eigenvalue weighted by atomic mass is 16.5. The van der Waals surface area contributed by atoms with E-state index in [0.717, 1.165) is 18.7 Å². The summed E-state index contributed by atoms with van der Waals surface area (Å²) in [7, 11) is 1.51. The predicted molar refractivity (Wildman–Crippen MR) is 54.2 cm³/mol. The summed E-state index contributed by atoms with van der Waals surface area (Å²) in [4.78, 5) is 15.2. The lowest BCUT2D eigenvalue weighted by Gasteiger charge is -2.09. The first kappa shape index (κ1) is 11.6. The first-order valence-electron chi connectivity index (χ1n) is 4.88. The van der Waals surface area contributed by atoms with Crippen LogP contribution >= 0.6 is 0 Å². The number of aromatic amines is 1. The van der Waals surface area contributed by atoms with Crippen molar-refractivity contribution < 1.29 is 9.53 Å². The Balaban J connectivity index is 2.09. The van der Waals surface area contributed by atoms with E-state index in [1.54, 1.807) is 6.92 Å². The third-order valence-electron chi connectivity index (χ3n) is 2.08. The number of hydrogen-bond acceptors (Lipinski definition) is 4. The zero-order valence-electron chi connectivity index (χ0n) is 8.99. The van der Waals surface area contributed by atoms with Gasteiger partial charge in [-0.2, -0.15) is 5.10 Å². The lowest BCUT2D eigenvalue weighted by atomic mass is 10.3. The Morgan fingerprint density at radius 3 is 3.13 bits per heavy atom. The number of H-pyrrole nitrogens is 1. The number of hydrogen-bond donors (Lipinski definition) is 2. The van der Waals surface area contributed by atoms with E-state index in [-0.39, 0.29) is 5.91 Å². The average molecular weight is 212 g/mol. The van der Waals surface area contributed by atoms with Crippen LogP contribution in [-0.4, -0.2) is 40.8 Å². The van der Waals surface area contributed by atoms with Gasteiger partial charge in [0.25, 0.3) is 0 Å². The van der Waals surface area contributed by atoms with E-state index >= 15 is 0 Å². The maximum atomic E-state index is 11.3. The quantitative estimate of drug-likeness (QED) is 0.645. The SMILES string of the molecule is COC(C)C(=O)NCCCc1ncn[nH]1. The summed E-state index contributed by atoms with van der Waals surface area (Å²) in [5, 5.41) is 9.26. The Kier molecular flexibility index (Phi) is 4.76. The summed E-state index contributed by atoms with van der Waals surface area (Å²) in [6.45, 7) is 2.33. The molecule has 1 unspecified atom stereocenters. The second-order valence-electron chi connectivity index (χ2n) is 3.20. The lowest BCUT2D eigenvalue weighted by molar-refractivity contribution is -0.130. The van der Waals surface area contributed by atoms with E-state index in [9.17, 15) is 4.79 Å². The van der Waals surface area contributed by atoms with Crippen LogP contribution in [0.25, 0.3) is 0 Å². The normalized spacial score (nSPS) is 12.4. The molecular weight excluding hydrogens is 196 g/mol. The van der Waals surface area contributed by atoms with Crippen LogP contribution in [0.15, 0.2) is 6.33 Å². The fourth-order valence-electron chi connectivity index (χ4n) is 1.07. The molecule has 84 valence electrons. The molecule has 1 aromatic heterocycles. The monoisotopic (exact) mass is 212 g/mol. The molecule has 6 heteroatoms. The van der Waals surface area contributed by atoms with Gasteiger partial charge in [-0.05, 0) is 13.3 Å². The molecule has 1 heterocycles. The molecule has 0 fully saturated rings. The number of amides is 1. The molecule has 0 spiro atoms. The molecule has 0 aliphatic rings. The van der Waals surface area contributed by atoms with Crippen LogP contribution in [0.3, 0.4) is 0 Å². The lowest BCUT2D eigenvalue weighted by Crippen LogP contribution is -2.34. The summed E-state index contributed by atoms with van der Waals surface area (Å²) >= 11 is 0. The molecule has 0 bridgehead atoms. The second-order valence-corrected chi connectivity index (χ2v) is 3.20. The van der Waals surface area contributed by atoms with Gasteiger partial charge in [0.15, 0.2) is 0 Å². The van der Waals surface area contributed by atoms with E-state index in [1.165, 1.54) is 13.4 Å². The maximum absolute atomic E-state index is 11.3. The highest BCUT2D eigenvalue weighted by Crippen LogP contribution is 1.92. The largest absolute Gasteiger partial charge is 0.372 e. The van der Waals surface area contributed by atoms with Crippen molar-refractivity contribution >= 4 is 5.91 Å². The fraction of sp³-hybridized carbons (Fsp3) is 0.667. The van der Waals surface area contributed by atoms with E-state index < -0.39 is 6.10 Å². The van der Waals surface area contributed by atoms with Crippen molar-refractivity contribution in [3.63, 3.8) is 0 Å². The van der Waals surface area contributed by atoms with E-state index in [0.29, 0.717) is 6.54 Å². The number of carbonyl (C=O) groups is 1. The molecule has 0 saturated carbocycles. The molecular formula is C9H16N4O2. The molecule has 6 nitrogen and oxygen atoms in total. The third-order valence-corrected chi connectivity index (χ3v) is 2.08. The van der Waals surface area contributed by atoms with Crippen LogP contribution in [0.4, 0.5) is 0 Å². The van der Waals surface area contributed by atoms with Gasteiger partial charge >= 0.3 is 0 Å². The van der Waals surface area contributed by atoms with Gasteiger partial charge in [-0.3, -0.25) is 9.89 Å². The third kappa shape index (κ3) is 4.07. The number of rotatable bonds is 6. The molecule has 15 heavy (non-hydrogen) atoms. The second kappa shape index (κ2) is 6.13. The molecule has 2 N–H and O–H groups in total. The van der Waals surface area contributed by atoms with Crippen molar-refractivity contribution in [1.82, 2.24) is 20.5 Å². The van der Waals surface area contributed by atoms with Crippen LogP contribution < -0.4 is 5.32 Å². The molecule has 1 aromatic rings. The predicted octanol–water partition coefficient (Wildman–Crippen LogP) is -0.112. The minimum atomic E-state index is -0.393. The Hall–Kier alpha value is -1.43. The summed E-state index contributed by atoms with van der Waals surface area (Å²) in [6, 6.07) is 0. The number of nitrogens with zero attached hydrogens (tertiary/aromatic N) is 2. The standard InChI is InChI=1S/C9H16N4O2/c1-7(15-2)9(14)10-5-3-4-8-11-6-12-13-8/h6-7H,3-5H2,1-2H3,(H,10,14)(H,11,12,13). The number of methoxy groups -OCH3 is 1. The molecule has 1 rings (SSSR count). The summed E-state index contributed by atoms with van der Waals surface area (Å²) < 4.78 is 4.87. The first-order chi connectivity index (χ1) is 7.24. The zero-order chi connectivity index (χ0) is 11.1. The van der Waals surface area contributed by atoms with Crippen LogP contribution in [-0.2, 0) is 16.0 Å². The number of aryl methyl sites for hydroxylation is 1. The van der Waals surface area contributed by atoms with Crippen molar-refractivity contribution in [3.05, 3.63) is 12.2 Å². The molecule has 1 amide bonds. The Morgan fingerprint density at radius 2 is 2.53 bits per heavy atom. The molecule has 0 saturated heterocycles. The van der Waals surface area contributed by atoms with Crippen LogP contribution in [0.5, 0.6) is 0 Å². The van der Waals surface area contributed by atoms with Gasteiger partial charge in [-0.25, -0.2) is 4.98 Å². The summed E-state index contributed by atoms with van der Waals surface area (Å²) in [5.41, 5.74) is 0. The molecule has 0 aromatic carbocycles. The van der Waals surface area contributed by atoms with Crippen molar-refractivity contribution in [2.24, 2.45) is 0 Å². The smallest absolute Gasteiger partial charge is 0.248 e. The number of ether oxygens (including phenoxy) is 1. The van der Waals surface area contributed by atoms with E-state index in [4.69, 9.17) is 4.74 Å². The summed E-state index contributed by atoms with van der Waals surface area (Å²) in [6.07, 6.45) is 2.69.